The van der Waals surface area contributed by atoms with Crippen molar-refractivity contribution in [3.63, 3.8) is 0 Å². The van der Waals surface area contributed by atoms with Gasteiger partial charge < -0.3 is 16.2 Å². The van der Waals surface area contributed by atoms with E-state index in [0.29, 0.717) is 13.1 Å². The van der Waals surface area contributed by atoms with Gasteiger partial charge in [0.2, 0.25) is 0 Å². The van der Waals surface area contributed by atoms with Gasteiger partial charge in [-0.1, -0.05) is 19.1 Å². The number of hydrogen-bond donors (Lipinski definition) is 3. The quantitative estimate of drug-likeness (QED) is 0.653. The number of rotatable bonds is 5. The van der Waals surface area contributed by atoms with Crippen molar-refractivity contribution >= 4 is 5.78 Å². The number of carbonyl (C=O) groups excluding carboxylic acids is 1. The van der Waals surface area contributed by atoms with Gasteiger partial charge in [0.1, 0.15) is 5.83 Å². The molecule has 4 nitrogen and oxygen atoms in total. The Hall–Kier alpha value is -1.04. The second-order valence-corrected chi connectivity index (χ2v) is 4.32. The molecule has 0 aromatic carbocycles. The molecule has 5 heteroatoms. The Morgan fingerprint density at radius 1 is 1.76 bits per heavy atom. The van der Waals surface area contributed by atoms with Crippen molar-refractivity contribution in [1.82, 2.24) is 5.32 Å². The standard InChI is InChI=1S/C12H19FN2O2/c1-3-15-7-11(17)12(14)5-4-9(8(2)16)10(13)6-12/h4-5,11,15,17H,3,6-7,14H2,1-2H3. The molecule has 0 bridgehead atoms. The fraction of sp³-hybridized carbons (Fsp3) is 0.583. The lowest BCUT2D eigenvalue weighted by Gasteiger charge is -2.33. The van der Waals surface area contributed by atoms with Gasteiger partial charge in [0, 0.05) is 18.5 Å². The zero-order chi connectivity index (χ0) is 13.1. The molecule has 0 fully saturated rings. The highest BCUT2D eigenvalue weighted by Gasteiger charge is 2.35. The molecule has 0 aromatic rings. The predicted octanol–water partition coefficient (Wildman–Crippen LogP) is 0.427. The molecule has 2 unspecified atom stereocenters. The first-order valence-corrected chi connectivity index (χ1v) is 5.67. The first kappa shape index (κ1) is 14.0. The maximum absolute atomic E-state index is 13.7. The summed E-state index contributed by atoms with van der Waals surface area (Å²) in [4.78, 5) is 11.1. The van der Waals surface area contributed by atoms with E-state index in [1.54, 1.807) is 0 Å². The monoisotopic (exact) mass is 242 g/mol. The Labute approximate surface area is 100 Å². The number of aliphatic hydroxyl groups is 1. The number of likely N-dealkylation sites (N-methyl/N-ethyl adjacent to an activating group) is 1. The molecule has 0 aromatic heterocycles. The van der Waals surface area contributed by atoms with Gasteiger partial charge in [0.15, 0.2) is 5.78 Å². The van der Waals surface area contributed by atoms with Crippen LogP contribution in [-0.4, -0.2) is 35.6 Å². The summed E-state index contributed by atoms with van der Waals surface area (Å²) >= 11 is 0. The Balaban J connectivity index is 2.78. The van der Waals surface area contributed by atoms with Gasteiger partial charge in [-0.3, -0.25) is 4.79 Å². The van der Waals surface area contributed by atoms with Crippen molar-refractivity contribution < 1.29 is 14.3 Å². The molecule has 0 saturated carbocycles. The minimum Gasteiger partial charge on any atom is -0.390 e. The number of Topliss-reactive ketones (excluding diaryl/α,β-unsaturated/α-hetero) is 1. The molecule has 0 amide bonds. The van der Waals surface area contributed by atoms with Crippen molar-refractivity contribution in [3.8, 4) is 0 Å². The van der Waals surface area contributed by atoms with Crippen LogP contribution in [0.15, 0.2) is 23.6 Å². The number of carbonyl (C=O) groups is 1. The van der Waals surface area contributed by atoms with Gasteiger partial charge in [-0.15, -0.1) is 0 Å². The highest BCUT2D eigenvalue weighted by molar-refractivity contribution is 5.96. The number of nitrogens with two attached hydrogens (primary N) is 1. The van der Waals surface area contributed by atoms with Crippen LogP contribution in [0, 0.1) is 0 Å². The molecule has 96 valence electrons. The lowest BCUT2D eigenvalue weighted by molar-refractivity contribution is -0.113. The van der Waals surface area contributed by atoms with Crippen LogP contribution in [0.2, 0.25) is 0 Å². The molecule has 0 spiro atoms. The van der Waals surface area contributed by atoms with Gasteiger partial charge in [-0.05, 0) is 13.5 Å². The summed E-state index contributed by atoms with van der Waals surface area (Å²) in [5.41, 5.74) is 4.83. The predicted molar refractivity (Wildman–Crippen MR) is 64.0 cm³/mol. The van der Waals surface area contributed by atoms with Gasteiger partial charge in [-0.25, -0.2) is 4.39 Å². The summed E-state index contributed by atoms with van der Waals surface area (Å²) in [5.74, 6) is -0.889. The summed E-state index contributed by atoms with van der Waals surface area (Å²) in [6.07, 6.45) is 1.83. The van der Waals surface area contributed by atoms with Crippen LogP contribution in [-0.2, 0) is 4.79 Å². The third kappa shape index (κ3) is 3.21. The smallest absolute Gasteiger partial charge is 0.162 e. The van der Waals surface area contributed by atoms with Crippen LogP contribution in [0.3, 0.4) is 0 Å². The van der Waals surface area contributed by atoms with Gasteiger partial charge >= 0.3 is 0 Å². The highest BCUT2D eigenvalue weighted by atomic mass is 19.1. The molecule has 0 saturated heterocycles. The normalized spacial score (nSPS) is 26.2. The SMILES string of the molecule is CCNCC(O)C1(N)C=CC(C(C)=O)=C(F)C1. The van der Waals surface area contributed by atoms with Crippen LogP contribution < -0.4 is 11.1 Å². The molecule has 1 rings (SSSR count). The number of hydrogen-bond acceptors (Lipinski definition) is 4. The molecule has 2 atom stereocenters. The lowest BCUT2D eigenvalue weighted by atomic mass is 9.83. The van der Waals surface area contributed by atoms with E-state index in [4.69, 9.17) is 5.73 Å². The van der Waals surface area contributed by atoms with Crippen molar-refractivity contribution in [2.45, 2.75) is 31.9 Å². The van der Waals surface area contributed by atoms with E-state index < -0.39 is 17.5 Å². The zero-order valence-electron chi connectivity index (χ0n) is 10.2. The summed E-state index contributed by atoms with van der Waals surface area (Å²) in [6, 6.07) is 0. The Morgan fingerprint density at radius 3 is 2.88 bits per heavy atom. The zero-order valence-corrected chi connectivity index (χ0v) is 10.2. The first-order valence-electron chi connectivity index (χ1n) is 5.67. The minimum atomic E-state index is -1.15. The van der Waals surface area contributed by atoms with Crippen LogP contribution in [0.25, 0.3) is 0 Å². The molecular formula is C12H19FN2O2. The number of aliphatic hydroxyl groups excluding tert-OH is 1. The van der Waals surface area contributed by atoms with Crippen LogP contribution in [0.1, 0.15) is 20.3 Å². The van der Waals surface area contributed by atoms with Crippen LogP contribution >= 0.6 is 0 Å². The van der Waals surface area contributed by atoms with Gasteiger partial charge in [0.25, 0.3) is 0 Å². The molecule has 0 aliphatic heterocycles. The molecule has 1 aliphatic carbocycles. The largest absolute Gasteiger partial charge is 0.390 e. The average Bonchev–Trinajstić information content (AvgIpc) is 2.25. The van der Waals surface area contributed by atoms with E-state index in [0.717, 1.165) is 0 Å². The summed E-state index contributed by atoms with van der Waals surface area (Å²) < 4.78 is 13.7. The number of nitrogens with one attached hydrogen (secondary N) is 1. The Kier molecular flexibility index (Phi) is 4.56. The number of ketones is 1. The lowest BCUT2D eigenvalue weighted by Crippen LogP contribution is -2.54. The van der Waals surface area contributed by atoms with E-state index in [1.807, 2.05) is 6.92 Å². The molecule has 0 radical (unpaired) electrons. The van der Waals surface area contributed by atoms with E-state index in [-0.39, 0.29) is 17.8 Å². The highest BCUT2D eigenvalue weighted by Crippen LogP contribution is 2.29. The third-order valence-corrected chi connectivity index (χ3v) is 2.90. The fourth-order valence-electron chi connectivity index (χ4n) is 1.76. The van der Waals surface area contributed by atoms with Crippen LogP contribution in [0.4, 0.5) is 4.39 Å². The van der Waals surface area contributed by atoms with Crippen LogP contribution in [0.5, 0.6) is 0 Å². The molecule has 1 aliphatic rings. The van der Waals surface area contributed by atoms with Gasteiger partial charge in [0.05, 0.1) is 11.6 Å². The molecule has 0 heterocycles. The Morgan fingerprint density at radius 2 is 2.41 bits per heavy atom. The summed E-state index contributed by atoms with van der Waals surface area (Å²) in [5, 5.41) is 12.8. The van der Waals surface area contributed by atoms with Crippen molar-refractivity contribution in [3.05, 3.63) is 23.6 Å². The number of allylic oxidation sites excluding steroid dienone is 2. The number of halogens is 1. The maximum atomic E-state index is 13.7. The molecule has 17 heavy (non-hydrogen) atoms. The van der Waals surface area contributed by atoms with E-state index >= 15 is 0 Å². The topological polar surface area (TPSA) is 75.3 Å². The second-order valence-electron chi connectivity index (χ2n) is 4.32. The van der Waals surface area contributed by atoms with E-state index in [2.05, 4.69) is 5.32 Å². The van der Waals surface area contributed by atoms with E-state index in [9.17, 15) is 14.3 Å². The van der Waals surface area contributed by atoms with Crippen molar-refractivity contribution in [1.29, 1.82) is 0 Å². The summed E-state index contributed by atoms with van der Waals surface area (Å²) in [7, 11) is 0. The third-order valence-electron chi connectivity index (χ3n) is 2.90. The molecule has 4 N–H and O–H groups in total. The van der Waals surface area contributed by atoms with Crippen molar-refractivity contribution in [2.75, 3.05) is 13.1 Å². The fourth-order valence-corrected chi connectivity index (χ4v) is 1.76. The average molecular weight is 242 g/mol. The van der Waals surface area contributed by atoms with Crippen molar-refractivity contribution in [2.24, 2.45) is 5.73 Å². The first-order chi connectivity index (χ1) is 7.90. The minimum absolute atomic E-state index is 0.0433. The second kappa shape index (κ2) is 5.53. The van der Waals surface area contributed by atoms with Gasteiger partial charge in [-0.2, -0.15) is 0 Å². The van der Waals surface area contributed by atoms with E-state index in [1.165, 1.54) is 19.1 Å². The Bertz CT molecular complexity index is 366. The summed E-state index contributed by atoms with van der Waals surface area (Å²) in [6.45, 7) is 4.20. The molecular weight excluding hydrogens is 223 g/mol. The maximum Gasteiger partial charge on any atom is 0.162 e.